The van der Waals surface area contributed by atoms with Crippen molar-refractivity contribution in [1.29, 1.82) is 0 Å². The monoisotopic (exact) mass is 195 g/mol. The zero-order valence-corrected chi connectivity index (χ0v) is 8.40. The van der Waals surface area contributed by atoms with Crippen molar-refractivity contribution in [2.75, 3.05) is 17.7 Å². The number of aromatic nitrogens is 1. The molecule has 0 radical (unpaired) electrons. The van der Waals surface area contributed by atoms with Crippen LogP contribution in [0.15, 0.2) is 18.5 Å². The number of anilines is 2. The van der Waals surface area contributed by atoms with Crippen molar-refractivity contribution < 1.29 is 5.11 Å². The van der Waals surface area contributed by atoms with Crippen molar-refractivity contribution in [3.8, 4) is 0 Å². The highest BCUT2D eigenvalue weighted by Gasteiger charge is 2.04. The highest BCUT2D eigenvalue weighted by molar-refractivity contribution is 5.51. The second kappa shape index (κ2) is 5.44. The molecule has 0 fully saturated rings. The van der Waals surface area contributed by atoms with Gasteiger partial charge >= 0.3 is 0 Å². The van der Waals surface area contributed by atoms with Crippen LogP contribution in [0, 0.1) is 0 Å². The van der Waals surface area contributed by atoms with E-state index in [0.29, 0.717) is 5.69 Å². The summed E-state index contributed by atoms with van der Waals surface area (Å²) in [4.78, 5) is 3.98. The molecule has 0 saturated heterocycles. The van der Waals surface area contributed by atoms with Crippen LogP contribution in [0.4, 0.5) is 11.4 Å². The number of nitrogen functional groups attached to an aromatic ring is 1. The van der Waals surface area contributed by atoms with Crippen molar-refractivity contribution in [3.63, 3.8) is 0 Å². The Morgan fingerprint density at radius 2 is 2.36 bits per heavy atom. The molecular weight excluding hydrogens is 178 g/mol. The van der Waals surface area contributed by atoms with Crippen LogP contribution in [0.1, 0.15) is 19.8 Å². The Balaban J connectivity index is 2.57. The molecule has 4 N–H and O–H groups in total. The maximum absolute atomic E-state index is 8.82. The van der Waals surface area contributed by atoms with Crippen molar-refractivity contribution in [2.24, 2.45) is 0 Å². The van der Waals surface area contributed by atoms with Gasteiger partial charge in [0.2, 0.25) is 0 Å². The van der Waals surface area contributed by atoms with Gasteiger partial charge in [0.1, 0.15) is 0 Å². The number of aliphatic hydroxyl groups is 1. The summed E-state index contributed by atoms with van der Waals surface area (Å²) < 4.78 is 0. The molecule has 4 heteroatoms. The molecular formula is C10H17N3O. The fourth-order valence-electron chi connectivity index (χ4n) is 1.31. The molecule has 0 amide bonds. The second-order valence-electron chi connectivity index (χ2n) is 3.27. The fraction of sp³-hybridized carbons (Fsp3) is 0.500. The summed E-state index contributed by atoms with van der Waals surface area (Å²) in [5.74, 6) is 0. The topological polar surface area (TPSA) is 71.2 Å². The van der Waals surface area contributed by atoms with Gasteiger partial charge in [-0.2, -0.15) is 0 Å². The van der Waals surface area contributed by atoms with E-state index in [1.54, 1.807) is 12.4 Å². The molecule has 0 aliphatic carbocycles. The van der Waals surface area contributed by atoms with Crippen LogP contribution >= 0.6 is 0 Å². The Bertz CT molecular complexity index is 278. The maximum Gasteiger partial charge on any atom is 0.0549 e. The van der Waals surface area contributed by atoms with E-state index >= 15 is 0 Å². The molecule has 0 aliphatic heterocycles. The number of nitrogens with two attached hydrogens (primary N) is 1. The molecule has 1 heterocycles. The van der Waals surface area contributed by atoms with E-state index in [9.17, 15) is 0 Å². The zero-order valence-electron chi connectivity index (χ0n) is 8.40. The minimum absolute atomic E-state index is 0.196. The van der Waals surface area contributed by atoms with Crippen molar-refractivity contribution in [3.05, 3.63) is 18.5 Å². The summed E-state index contributed by atoms with van der Waals surface area (Å²) in [6, 6.07) is 2.12. The molecule has 1 aromatic rings. The molecule has 1 atom stereocenters. The first-order valence-electron chi connectivity index (χ1n) is 4.84. The van der Waals surface area contributed by atoms with E-state index in [2.05, 4.69) is 17.2 Å². The van der Waals surface area contributed by atoms with Crippen LogP contribution in [0.25, 0.3) is 0 Å². The van der Waals surface area contributed by atoms with Crippen LogP contribution in [-0.4, -0.2) is 22.7 Å². The summed E-state index contributed by atoms with van der Waals surface area (Å²) in [5.41, 5.74) is 7.15. The highest BCUT2D eigenvalue weighted by Crippen LogP contribution is 2.13. The third kappa shape index (κ3) is 3.22. The van der Waals surface area contributed by atoms with E-state index in [-0.39, 0.29) is 12.6 Å². The Morgan fingerprint density at radius 3 is 2.93 bits per heavy atom. The quantitative estimate of drug-likeness (QED) is 0.661. The molecule has 4 nitrogen and oxygen atoms in total. The molecule has 0 aliphatic rings. The van der Waals surface area contributed by atoms with E-state index in [0.717, 1.165) is 18.5 Å². The first kappa shape index (κ1) is 10.8. The minimum atomic E-state index is 0.196. The Kier molecular flexibility index (Phi) is 4.19. The predicted octanol–water partition coefficient (Wildman–Crippen LogP) is 1.24. The summed E-state index contributed by atoms with van der Waals surface area (Å²) in [5, 5.41) is 12.1. The third-order valence-electron chi connectivity index (χ3n) is 2.10. The fourth-order valence-corrected chi connectivity index (χ4v) is 1.31. The second-order valence-corrected chi connectivity index (χ2v) is 3.27. The molecule has 0 bridgehead atoms. The summed E-state index contributed by atoms with van der Waals surface area (Å²) >= 11 is 0. The van der Waals surface area contributed by atoms with Gasteiger partial charge in [0.25, 0.3) is 0 Å². The lowest BCUT2D eigenvalue weighted by atomic mass is 10.1. The smallest absolute Gasteiger partial charge is 0.0549 e. The van der Waals surface area contributed by atoms with Crippen molar-refractivity contribution in [2.45, 2.75) is 25.8 Å². The van der Waals surface area contributed by atoms with E-state index in [1.807, 2.05) is 6.07 Å². The molecule has 0 saturated carbocycles. The lowest BCUT2D eigenvalue weighted by Crippen LogP contribution is -2.19. The van der Waals surface area contributed by atoms with Gasteiger partial charge in [-0.15, -0.1) is 0 Å². The van der Waals surface area contributed by atoms with Gasteiger partial charge in [-0.1, -0.05) is 6.92 Å². The van der Waals surface area contributed by atoms with Gasteiger partial charge < -0.3 is 16.2 Å². The SMILES string of the molecule is CCC(CCO)Nc1cncc(N)c1. The summed E-state index contributed by atoms with van der Waals surface area (Å²) in [6.07, 6.45) is 5.05. The number of aliphatic hydroxyl groups excluding tert-OH is 1. The van der Waals surface area contributed by atoms with Crippen LogP contribution < -0.4 is 11.1 Å². The number of pyridine rings is 1. The van der Waals surface area contributed by atoms with E-state index in [1.165, 1.54) is 0 Å². The molecule has 0 spiro atoms. The predicted molar refractivity (Wildman–Crippen MR) is 58.1 cm³/mol. The first-order valence-corrected chi connectivity index (χ1v) is 4.84. The first-order chi connectivity index (χ1) is 6.76. The van der Waals surface area contributed by atoms with E-state index in [4.69, 9.17) is 10.8 Å². The third-order valence-corrected chi connectivity index (χ3v) is 2.10. The number of nitrogens with zero attached hydrogens (tertiary/aromatic N) is 1. The average Bonchev–Trinajstić information content (AvgIpc) is 2.17. The highest BCUT2D eigenvalue weighted by atomic mass is 16.3. The largest absolute Gasteiger partial charge is 0.397 e. The van der Waals surface area contributed by atoms with E-state index < -0.39 is 0 Å². The summed E-state index contributed by atoms with van der Waals surface area (Å²) in [7, 11) is 0. The van der Waals surface area contributed by atoms with Gasteiger partial charge in [-0.3, -0.25) is 4.98 Å². The number of rotatable bonds is 5. The Labute approximate surface area is 84.2 Å². The van der Waals surface area contributed by atoms with Gasteiger partial charge in [-0.05, 0) is 18.9 Å². The zero-order chi connectivity index (χ0) is 10.4. The number of nitrogens with one attached hydrogen (secondary N) is 1. The number of hydrogen-bond donors (Lipinski definition) is 3. The van der Waals surface area contributed by atoms with Crippen LogP contribution in [-0.2, 0) is 0 Å². The summed E-state index contributed by atoms with van der Waals surface area (Å²) in [6.45, 7) is 2.27. The average molecular weight is 195 g/mol. The van der Waals surface area contributed by atoms with Gasteiger partial charge in [0, 0.05) is 18.8 Å². The lowest BCUT2D eigenvalue weighted by Gasteiger charge is -2.16. The Morgan fingerprint density at radius 1 is 1.57 bits per heavy atom. The molecule has 0 aromatic carbocycles. The van der Waals surface area contributed by atoms with Gasteiger partial charge in [0.05, 0.1) is 17.6 Å². The molecule has 78 valence electrons. The standard InChI is InChI=1S/C10H17N3O/c1-2-9(3-4-14)13-10-5-8(11)6-12-7-10/h5-7,9,13-14H,2-4,11H2,1H3. The Hall–Kier alpha value is -1.29. The molecule has 1 unspecified atom stereocenters. The van der Waals surface area contributed by atoms with Crippen LogP contribution in [0.3, 0.4) is 0 Å². The van der Waals surface area contributed by atoms with Crippen molar-refractivity contribution >= 4 is 11.4 Å². The molecule has 1 rings (SSSR count). The number of hydrogen-bond acceptors (Lipinski definition) is 4. The molecule has 14 heavy (non-hydrogen) atoms. The van der Waals surface area contributed by atoms with Gasteiger partial charge in [-0.25, -0.2) is 0 Å². The minimum Gasteiger partial charge on any atom is -0.397 e. The van der Waals surface area contributed by atoms with Crippen molar-refractivity contribution in [1.82, 2.24) is 4.98 Å². The normalized spacial score (nSPS) is 12.4. The molecule has 1 aromatic heterocycles. The maximum atomic E-state index is 8.82. The lowest BCUT2D eigenvalue weighted by molar-refractivity contribution is 0.278. The van der Waals surface area contributed by atoms with Crippen LogP contribution in [0.5, 0.6) is 0 Å². The van der Waals surface area contributed by atoms with Gasteiger partial charge in [0.15, 0.2) is 0 Å². The van der Waals surface area contributed by atoms with Crippen LogP contribution in [0.2, 0.25) is 0 Å².